The van der Waals surface area contributed by atoms with E-state index in [4.69, 9.17) is 0 Å². The lowest BCUT2D eigenvalue weighted by Gasteiger charge is -2.20. The molecule has 0 fully saturated rings. The van der Waals surface area contributed by atoms with E-state index in [1.807, 2.05) is 121 Å². The quantitative estimate of drug-likeness (QED) is 0.188. The molecular weight excluding hydrogens is 541 g/mol. The summed E-state index contributed by atoms with van der Waals surface area (Å²) in [6.45, 7) is 0. The minimum atomic E-state index is 0.587. The largest absolute Gasteiger partial charge is 0.192 e. The fourth-order valence-electron chi connectivity index (χ4n) is 3.68. The molecule has 0 atom stereocenters. The van der Waals surface area contributed by atoms with Gasteiger partial charge in [0.1, 0.15) is 12.1 Å². The molecule has 0 amide bonds. The Morgan fingerprint density at radius 2 is 0.553 bits per heavy atom. The molecule has 0 aliphatic heterocycles. The summed E-state index contributed by atoms with van der Waals surface area (Å²) in [5, 5.41) is 21.2. The van der Waals surface area contributed by atoms with Crippen LogP contribution in [-0.4, -0.2) is 0 Å². The summed E-state index contributed by atoms with van der Waals surface area (Å²) in [4.78, 5) is 7.28. The average molecular weight is 561 g/mol. The molecule has 0 saturated carbocycles. The highest BCUT2D eigenvalue weighted by atomic mass is 32.2. The summed E-state index contributed by atoms with van der Waals surface area (Å²) in [7, 11) is 0. The van der Waals surface area contributed by atoms with Gasteiger partial charge in [-0.3, -0.25) is 0 Å². The Morgan fingerprint density at radius 3 is 0.737 bits per heavy atom. The van der Waals surface area contributed by atoms with Crippen LogP contribution >= 0.6 is 47.0 Å². The third-order valence-electron chi connectivity index (χ3n) is 5.40. The van der Waals surface area contributed by atoms with Crippen LogP contribution in [0.5, 0.6) is 0 Å². The van der Waals surface area contributed by atoms with Crippen molar-refractivity contribution in [2.75, 3.05) is 0 Å². The average Bonchev–Trinajstić information content (AvgIpc) is 2.97. The fourth-order valence-corrected chi connectivity index (χ4v) is 8.20. The Bertz CT molecular complexity index is 1380. The molecule has 0 unspecified atom stereocenters. The molecule has 6 heteroatoms. The van der Waals surface area contributed by atoms with Crippen LogP contribution < -0.4 is 0 Å². The third-order valence-corrected chi connectivity index (χ3v) is 10.1. The molecule has 5 aromatic carbocycles. The lowest BCUT2D eigenvalue weighted by atomic mass is 10.1. The Hall–Kier alpha value is -3.52. The Balaban J connectivity index is 1.79. The van der Waals surface area contributed by atoms with Gasteiger partial charge < -0.3 is 0 Å². The molecule has 0 radical (unpaired) electrons. The van der Waals surface area contributed by atoms with E-state index < -0.39 is 0 Å². The zero-order valence-corrected chi connectivity index (χ0v) is 23.3. The summed E-state index contributed by atoms with van der Waals surface area (Å²) < 4.78 is 0. The van der Waals surface area contributed by atoms with Crippen LogP contribution in [0.4, 0.5) is 0 Å². The zero-order valence-electron chi connectivity index (χ0n) is 20.1. The van der Waals surface area contributed by atoms with Crippen molar-refractivity contribution < 1.29 is 0 Å². The predicted octanol–water partition coefficient (Wildman–Crippen LogP) is 10.0. The van der Waals surface area contributed by atoms with E-state index in [1.165, 1.54) is 47.0 Å². The molecule has 5 rings (SSSR count). The van der Waals surface area contributed by atoms with Crippen molar-refractivity contribution in [3.05, 3.63) is 132 Å². The lowest BCUT2D eigenvalue weighted by Crippen LogP contribution is -1.99. The maximum Gasteiger partial charge on any atom is 0.102 e. The van der Waals surface area contributed by atoms with Crippen molar-refractivity contribution >= 4 is 47.0 Å². The summed E-state index contributed by atoms with van der Waals surface area (Å²) in [5.41, 5.74) is 1.17. The minimum Gasteiger partial charge on any atom is -0.192 e. The van der Waals surface area contributed by atoms with Crippen molar-refractivity contribution in [1.29, 1.82) is 10.5 Å². The number of nitrogens with zero attached hydrogens (tertiary/aromatic N) is 2. The van der Waals surface area contributed by atoms with Gasteiger partial charge in [0.05, 0.1) is 11.1 Å². The summed E-state index contributed by atoms with van der Waals surface area (Å²) in [6.07, 6.45) is 0. The van der Waals surface area contributed by atoms with Crippen LogP contribution in [0.25, 0.3) is 0 Å². The molecule has 0 heterocycles. The first-order valence-corrected chi connectivity index (χ1v) is 15.0. The molecule has 0 aliphatic rings. The van der Waals surface area contributed by atoms with E-state index in [9.17, 15) is 10.5 Å². The van der Waals surface area contributed by atoms with Crippen molar-refractivity contribution in [1.82, 2.24) is 0 Å². The first-order valence-electron chi connectivity index (χ1n) is 11.7. The van der Waals surface area contributed by atoms with Gasteiger partial charge in [-0.05, 0) is 48.5 Å². The van der Waals surface area contributed by atoms with Crippen LogP contribution in [-0.2, 0) is 0 Å². The van der Waals surface area contributed by atoms with E-state index in [-0.39, 0.29) is 0 Å². The highest BCUT2D eigenvalue weighted by Crippen LogP contribution is 2.52. The standard InChI is InChI=1S/C32H20N2S4/c33-21-27-29(35-23-13-5-1-6-14-23)30(36-24-15-7-2-8-16-24)28(22-34)32(38-26-19-11-4-12-20-26)31(27)37-25-17-9-3-10-18-25/h1-20H. The van der Waals surface area contributed by atoms with Crippen LogP contribution in [0.1, 0.15) is 11.1 Å². The second-order valence-corrected chi connectivity index (χ2v) is 12.3. The lowest BCUT2D eigenvalue weighted by molar-refractivity contribution is 1.03. The summed E-state index contributed by atoms with van der Waals surface area (Å²) in [6, 6.07) is 45.2. The van der Waals surface area contributed by atoms with Gasteiger partial charge in [-0.1, -0.05) is 120 Å². The number of benzene rings is 5. The molecular formula is C32H20N2S4. The van der Waals surface area contributed by atoms with Gasteiger partial charge in [0.25, 0.3) is 0 Å². The number of hydrogen-bond donors (Lipinski definition) is 0. The number of nitriles is 2. The van der Waals surface area contributed by atoms with Crippen LogP contribution in [0, 0.1) is 22.7 Å². The summed E-state index contributed by atoms with van der Waals surface area (Å²) in [5.74, 6) is 0. The SMILES string of the molecule is N#Cc1c(Sc2ccccc2)c(Sc2ccccc2)c(C#N)c(Sc2ccccc2)c1Sc1ccccc1. The monoisotopic (exact) mass is 560 g/mol. The van der Waals surface area contributed by atoms with Crippen molar-refractivity contribution in [2.24, 2.45) is 0 Å². The van der Waals surface area contributed by atoms with Gasteiger partial charge >= 0.3 is 0 Å². The van der Waals surface area contributed by atoms with E-state index in [2.05, 4.69) is 12.1 Å². The molecule has 0 bridgehead atoms. The van der Waals surface area contributed by atoms with Gasteiger partial charge in [-0.15, -0.1) is 0 Å². The van der Waals surface area contributed by atoms with E-state index in [0.29, 0.717) is 11.1 Å². The van der Waals surface area contributed by atoms with Gasteiger partial charge in [-0.2, -0.15) is 10.5 Å². The Morgan fingerprint density at radius 1 is 0.342 bits per heavy atom. The van der Waals surface area contributed by atoms with Crippen LogP contribution in [0.2, 0.25) is 0 Å². The topological polar surface area (TPSA) is 47.6 Å². The van der Waals surface area contributed by atoms with Crippen molar-refractivity contribution in [3.8, 4) is 12.1 Å². The summed E-state index contributed by atoms with van der Waals surface area (Å²) >= 11 is 6.15. The highest BCUT2D eigenvalue weighted by Gasteiger charge is 2.27. The first kappa shape index (κ1) is 26.1. The molecule has 182 valence electrons. The molecule has 0 saturated heterocycles. The van der Waals surface area contributed by atoms with Gasteiger partial charge in [0.15, 0.2) is 0 Å². The van der Waals surface area contributed by atoms with Crippen LogP contribution in [0.3, 0.4) is 0 Å². The number of rotatable bonds is 8. The van der Waals surface area contributed by atoms with Crippen LogP contribution in [0.15, 0.2) is 160 Å². The van der Waals surface area contributed by atoms with Crippen molar-refractivity contribution in [2.45, 2.75) is 39.2 Å². The second kappa shape index (κ2) is 12.8. The van der Waals surface area contributed by atoms with Gasteiger partial charge in [0.2, 0.25) is 0 Å². The maximum absolute atomic E-state index is 10.6. The molecule has 0 aromatic heterocycles. The number of hydrogen-bond acceptors (Lipinski definition) is 6. The molecule has 38 heavy (non-hydrogen) atoms. The normalized spacial score (nSPS) is 10.5. The van der Waals surface area contributed by atoms with E-state index in [0.717, 1.165) is 39.2 Å². The van der Waals surface area contributed by atoms with Gasteiger partial charge in [-0.25, -0.2) is 0 Å². The maximum atomic E-state index is 10.6. The second-order valence-electron chi connectivity index (χ2n) is 7.95. The molecule has 0 N–H and O–H groups in total. The Labute approximate surface area is 240 Å². The molecule has 0 spiro atoms. The Kier molecular flexibility index (Phi) is 8.81. The van der Waals surface area contributed by atoms with Gasteiger partial charge in [0, 0.05) is 39.2 Å². The van der Waals surface area contributed by atoms with Crippen molar-refractivity contribution in [3.63, 3.8) is 0 Å². The highest BCUT2D eigenvalue weighted by molar-refractivity contribution is 8.03. The van der Waals surface area contributed by atoms with E-state index in [1.54, 1.807) is 0 Å². The molecule has 0 aliphatic carbocycles. The van der Waals surface area contributed by atoms with E-state index >= 15 is 0 Å². The first-order chi connectivity index (χ1) is 18.8. The smallest absolute Gasteiger partial charge is 0.102 e. The fraction of sp³-hybridized carbons (Fsp3) is 0. The minimum absolute atomic E-state index is 0.587. The predicted molar refractivity (Wildman–Crippen MR) is 158 cm³/mol. The third kappa shape index (κ3) is 6.13. The molecule has 2 nitrogen and oxygen atoms in total. The molecule has 5 aromatic rings. The zero-order chi connectivity index (χ0) is 26.2.